The molecule has 5 heteroatoms. The zero-order valence-electron chi connectivity index (χ0n) is 21.6. The van der Waals surface area contributed by atoms with Crippen molar-refractivity contribution in [2.75, 3.05) is 18.5 Å². The summed E-state index contributed by atoms with van der Waals surface area (Å²) in [6.45, 7) is 23.1. The van der Waals surface area contributed by atoms with Crippen LogP contribution in [0.3, 0.4) is 0 Å². The maximum atomic E-state index is 6.25. The Morgan fingerprint density at radius 3 is 1.10 bits per heavy atom. The van der Waals surface area contributed by atoms with E-state index in [9.17, 15) is 0 Å². The third kappa shape index (κ3) is 63.0. The molecule has 0 heterocycles. The van der Waals surface area contributed by atoms with Crippen LogP contribution in [0.5, 0.6) is 0 Å². The molecule has 0 unspecified atom stereocenters. The number of rotatable bonds is 13. The molecule has 0 atom stereocenters. The van der Waals surface area contributed by atoms with E-state index in [1.165, 1.54) is 38.5 Å². The Hall–Kier alpha value is 1.11. The van der Waals surface area contributed by atoms with Crippen molar-refractivity contribution in [3.8, 4) is 0 Å². The second kappa shape index (κ2) is 57.3. The van der Waals surface area contributed by atoms with Crippen LogP contribution in [0.25, 0.3) is 0 Å². The molecule has 0 bridgehead atoms. The first kappa shape index (κ1) is 48.5. The van der Waals surface area contributed by atoms with Gasteiger partial charge in [-0.3, -0.25) is 0 Å². The average Bonchev–Trinajstić information content (AvgIpc) is 2.72. The largest absolute Gasteiger partial charge is 1.00 e. The van der Waals surface area contributed by atoms with E-state index >= 15 is 0 Å². The van der Waals surface area contributed by atoms with E-state index in [-0.39, 0.29) is 54.8 Å². The molecule has 0 spiro atoms. The Morgan fingerprint density at radius 1 is 0.700 bits per heavy atom. The van der Waals surface area contributed by atoms with Crippen molar-refractivity contribution in [1.82, 2.24) is 0 Å². The van der Waals surface area contributed by atoms with E-state index in [0.717, 1.165) is 25.7 Å². The predicted molar refractivity (Wildman–Crippen MR) is 130 cm³/mol. The van der Waals surface area contributed by atoms with Crippen LogP contribution in [0.2, 0.25) is 0 Å². The minimum absolute atomic E-state index is 0. The Labute approximate surface area is 228 Å². The van der Waals surface area contributed by atoms with Crippen LogP contribution in [0.4, 0.5) is 0 Å². The van der Waals surface area contributed by atoms with Crippen LogP contribution in [0.1, 0.15) is 98.8 Å². The monoisotopic (exact) mass is 471 g/mol. The number of hydrogen-bond acceptors (Lipinski definition) is 1. The molecule has 0 amide bonds. The van der Waals surface area contributed by atoms with E-state index in [1.807, 2.05) is 26.0 Å². The van der Waals surface area contributed by atoms with Crippen molar-refractivity contribution < 1.29 is 54.8 Å². The van der Waals surface area contributed by atoms with E-state index in [4.69, 9.17) is 11.8 Å². The van der Waals surface area contributed by atoms with Gasteiger partial charge in [0.15, 0.2) is 0 Å². The molecular formula is C25H49CuLi2NP. The summed E-state index contributed by atoms with van der Waals surface area (Å²) < 4.78 is 0. The molecule has 0 fully saturated rings. The molecule has 0 N–H and O–H groups in total. The zero-order chi connectivity index (χ0) is 21.6. The summed E-state index contributed by atoms with van der Waals surface area (Å²) in [5.41, 5.74) is 0. The van der Waals surface area contributed by atoms with Crippen molar-refractivity contribution >= 4 is 7.92 Å². The van der Waals surface area contributed by atoms with Gasteiger partial charge in [-0.05, 0) is 51.6 Å². The maximum absolute atomic E-state index is 6.25. The molecule has 0 aromatic heterocycles. The molecular weight excluding hydrogens is 423 g/mol. The smallest absolute Gasteiger partial charge is 0.512 e. The Morgan fingerprint density at radius 2 is 0.967 bits per heavy atom. The molecule has 1 nitrogen and oxygen atoms in total. The van der Waals surface area contributed by atoms with Gasteiger partial charge in [-0.1, -0.05) is 77.2 Å². The van der Waals surface area contributed by atoms with E-state index in [1.54, 1.807) is 18.5 Å². The van der Waals surface area contributed by atoms with Crippen molar-refractivity contribution in [2.45, 2.75) is 98.8 Å². The second-order valence-corrected chi connectivity index (χ2v) is 9.01. The maximum Gasteiger partial charge on any atom is 1.00 e. The molecule has 172 valence electrons. The summed E-state index contributed by atoms with van der Waals surface area (Å²) in [5, 5.41) is 6.25. The molecule has 0 rings (SSSR count). The fourth-order valence-corrected chi connectivity index (χ4v) is 5.01. The summed E-state index contributed by atoms with van der Waals surface area (Å²) in [5.74, 6) is 0. The number of unbranched alkanes of at least 4 members (excludes halogenated alkanes) is 5. The van der Waals surface area contributed by atoms with Gasteiger partial charge in [-0.25, -0.2) is 0 Å². The topological polar surface area (TPSA) is 23.8 Å². The van der Waals surface area contributed by atoms with Crippen molar-refractivity contribution in [2.24, 2.45) is 0 Å². The van der Waals surface area contributed by atoms with Crippen molar-refractivity contribution in [1.29, 1.82) is 5.26 Å². The Bertz CT molecular complexity index is 265. The number of hydrogen-bond donors (Lipinski definition) is 0. The minimum atomic E-state index is 0. The van der Waals surface area contributed by atoms with Crippen molar-refractivity contribution in [3.63, 3.8) is 0 Å². The van der Waals surface area contributed by atoms with E-state index in [2.05, 4.69) is 46.8 Å². The minimum Gasteiger partial charge on any atom is -0.512 e. The third-order valence-corrected chi connectivity index (χ3v) is 6.54. The molecule has 0 saturated heterocycles. The fourth-order valence-electron chi connectivity index (χ4n) is 2.05. The molecule has 0 saturated carbocycles. The molecule has 30 heavy (non-hydrogen) atoms. The van der Waals surface area contributed by atoms with Gasteiger partial charge in [0.2, 0.25) is 0 Å². The second-order valence-electron chi connectivity index (χ2n) is 6.32. The first-order valence-electron chi connectivity index (χ1n) is 10.9. The van der Waals surface area contributed by atoms with Gasteiger partial charge in [-0.2, -0.15) is 12.8 Å². The Kier molecular flexibility index (Phi) is 92.6. The summed E-state index contributed by atoms with van der Waals surface area (Å²) in [6, 6.07) is 0. The normalized spacial score (nSPS) is 9.00. The number of nitrogens with zero attached hydrogens (tertiary/aromatic N) is 1. The zero-order valence-corrected chi connectivity index (χ0v) is 23.4. The van der Waals surface area contributed by atoms with Gasteiger partial charge >= 0.3 is 54.8 Å². The summed E-state index contributed by atoms with van der Waals surface area (Å²) in [6.07, 6.45) is 25.8. The third-order valence-electron chi connectivity index (χ3n) is 3.70. The fraction of sp³-hybridized carbons (Fsp3) is 0.720. The summed E-state index contributed by atoms with van der Waals surface area (Å²) in [4.78, 5) is 0. The van der Waals surface area contributed by atoms with Crippen molar-refractivity contribution in [3.05, 3.63) is 44.7 Å². The first-order chi connectivity index (χ1) is 13.2. The standard InChI is InChI=1S/C12H27P.2C6H11.CN.Cu.2Li/c1-4-7-10-13(11-8-5-2)12-9-6-3;2*1-3-5-6-4-2;1-2;;;/h4-12H2,1-3H3;2*4,6H,1,3,5H2,2H3;;;;/q;3*-1;3*+1/b;2*6-4+;;;;. The van der Waals surface area contributed by atoms with Gasteiger partial charge < -0.3 is 25.7 Å². The first-order valence-corrected chi connectivity index (χ1v) is 12.8. The molecule has 0 aromatic carbocycles. The van der Waals surface area contributed by atoms with Crippen LogP contribution in [0, 0.1) is 25.7 Å². The molecule has 0 aliphatic rings. The molecule has 0 radical (unpaired) electrons. The van der Waals surface area contributed by atoms with Gasteiger partial charge in [0.05, 0.1) is 0 Å². The predicted octanol–water partition coefficient (Wildman–Crippen LogP) is 3.32. The SMILES string of the molecule is CCCCP(CCCC)CCCC.[C-]#N.[CH2-]CC/C=C/C.[CH2-]CC/C=C/C.[Cu+].[Li+].[Li+]. The van der Waals surface area contributed by atoms with Gasteiger partial charge in [0.25, 0.3) is 0 Å². The average molecular weight is 472 g/mol. The van der Waals surface area contributed by atoms with E-state index in [0.29, 0.717) is 7.92 Å². The van der Waals surface area contributed by atoms with Gasteiger partial charge in [0, 0.05) is 0 Å². The van der Waals surface area contributed by atoms with Crippen LogP contribution in [-0.4, -0.2) is 18.5 Å². The summed E-state index contributed by atoms with van der Waals surface area (Å²) in [7, 11) is 0.422. The van der Waals surface area contributed by atoms with Crippen LogP contribution in [-0.2, 0) is 17.1 Å². The molecule has 0 aliphatic carbocycles. The van der Waals surface area contributed by atoms with Gasteiger partial charge in [0.1, 0.15) is 0 Å². The van der Waals surface area contributed by atoms with Crippen LogP contribution in [0.15, 0.2) is 24.3 Å². The Balaban J connectivity index is -0.0000000533. The van der Waals surface area contributed by atoms with Gasteiger partial charge in [-0.15, -0.1) is 7.92 Å². The van der Waals surface area contributed by atoms with E-state index < -0.39 is 0 Å². The quantitative estimate of drug-likeness (QED) is 0.175. The van der Waals surface area contributed by atoms with Crippen LogP contribution < -0.4 is 37.7 Å². The molecule has 0 aliphatic heterocycles. The molecule has 0 aromatic rings. The van der Waals surface area contributed by atoms with Crippen LogP contribution >= 0.6 is 7.92 Å². The summed E-state index contributed by atoms with van der Waals surface area (Å²) >= 11 is 0. The number of allylic oxidation sites excluding steroid dienone is 4.